The number of hydrogen-bond acceptors (Lipinski definition) is 3. The number of ether oxygens (including phenoxy) is 2. The second kappa shape index (κ2) is 6.27. The third-order valence-electron chi connectivity index (χ3n) is 8.89. The van der Waals surface area contributed by atoms with E-state index in [1.165, 1.54) is 61.4 Å². The maximum atomic E-state index is 6.83. The lowest BCUT2D eigenvalue weighted by atomic mass is 9.34. The molecule has 7 aliphatic rings. The molecule has 0 unspecified atom stereocenters. The van der Waals surface area contributed by atoms with Crippen LogP contribution < -0.4 is 30.8 Å². The zero-order valence-electron chi connectivity index (χ0n) is 20.0. The molecule has 3 nitrogen and oxygen atoms in total. The first-order valence-electron chi connectivity index (χ1n) is 13.1. The Labute approximate surface area is 215 Å². The molecule has 0 saturated heterocycles. The minimum atomic E-state index is 0.0766. The van der Waals surface area contributed by atoms with Gasteiger partial charge < -0.3 is 14.4 Å². The van der Waals surface area contributed by atoms with Crippen LogP contribution in [0.25, 0.3) is 12.2 Å². The van der Waals surface area contributed by atoms with Gasteiger partial charge in [-0.1, -0.05) is 60.7 Å². The van der Waals surface area contributed by atoms with Crippen molar-refractivity contribution in [3.8, 4) is 23.0 Å². The van der Waals surface area contributed by atoms with Gasteiger partial charge in [-0.3, -0.25) is 0 Å². The van der Waals surface area contributed by atoms with Gasteiger partial charge in [0.2, 0.25) is 0 Å². The van der Waals surface area contributed by atoms with Gasteiger partial charge in [0, 0.05) is 16.6 Å². The van der Waals surface area contributed by atoms with E-state index in [-0.39, 0.29) is 6.71 Å². The molecule has 2 aliphatic carbocycles. The van der Waals surface area contributed by atoms with Gasteiger partial charge in [-0.15, -0.1) is 0 Å². The highest BCUT2D eigenvalue weighted by Crippen LogP contribution is 2.58. The van der Waals surface area contributed by atoms with Gasteiger partial charge in [-0.2, -0.15) is 0 Å². The molecule has 0 saturated carbocycles. The Kier molecular flexibility index (Phi) is 3.18. The van der Waals surface area contributed by atoms with E-state index in [1.807, 2.05) is 0 Å². The first-order valence-corrected chi connectivity index (χ1v) is 13.1. The van der Waals surface area contributed by atoms with E-state index in [1.54, 1.807) is 0 Å². The van der Waals surface area contributed by atoms with Crippen LogP contribution in [0.15, 0.2) is 107 Å². The lowest BCUT2D eigenvalue weighted by Gasteiger charge is -2.47. The summed E-state index contributed by atoms with van der Waals surface area (Å²) >= 11 is 0. The average Bonchev–Trinajstić information content (AvgIpc) is 2.95. The van der Waals surface area contributed by atoms with Crippen LogP contribution in [-0.4, -0.2) is 6.71 Å². The molecule has 0 spiro atoms. The second-order valence-electron chi connectivity index (χ2n) is 10.8. The van der Waals surface area contributed by atoms with Crippen molar-refractivity contribution in [3.63, 3.8) is 0 Å². The summed E-state index contributed by atoms with van der Waals surface area (Å²) in [7, 11) is 0. The van der Waals surface area contributed by atoms with Crippen LogP contribution in [0.5, 0.6) is 23.0 Å². The number of anilines is 1. The van der Waals surface area contributed by atoms with Crippen LogP contribution in [0.2, 0.25) is 0 Å². The van der Waals surface area contributed by atoms with E-state index in [2.05, 4.69) is 89.9 Å². The predicted octanol–water partition coefficient (Wildman–Crippen LogP) is 5.85. The summed E-state index contributed by atoms with van der Waals surface area (Å²) in [5.74, 6) is 3.76. The van der Waals surface area contributed by atoms with Gasteiger partial charge >= 0.3 is 0 Å². The Morgan fingerprint density at radius 3 is 2.22 bits per heavy atom. The Hall–Kier alpha value is -4.44. The summed E-state index contributed by atoms with van der Waals surface area (Å²) in [5.41, 5.74) is 15.4. The Balaban J connectivity index is 1.38. The third-order valence-corrected chi connectivity index (χ3v) is 8.89. The topological polar surface area (TPSA) is 21.7 Å². The highest BCUT2D eigenvalue weighted by Gasteiger charge is 2.47. The van der Waals surface area contributed by atoms with Crippen LogP contribution in [-0.2, 0) is 0 Å². The standard InChI is InChI=1S/C33H20BNO2/c1-3-13-26-24(11-1)34-25-12-2-4-14-27(25)37-33-23-17-21-10-6-8-19-15-18-7-5-9-20-16-22(32(36-26)28(33)34)31(23)35(29(18)20)30(19)21/h1-7,10-14,16-17H,8-9,15H2. The number of hydrogen-bond donors (Lipinski definition) is 0. The highest BCUT2D eigenvalue weighted by atomic mass is 16.5. The first-order chi connectivity index (χ1) is 18.3. The number of para-hydroxylation sites is 2. The van der Waals surface area contributed by atoms with Gasteiger partial charge in [0.25, 0.3) is 6.71 Å². The van der Waals surface area contributed by atoms with E-state index in [9.17, 15) is 0 Å². The molecular formula is C33H20BNO2. The molecule has 4 heteroatoms. The molecule has 0 atom stereocenters. The van der Waals surface area contributed by atoms with Gasteiger partial charge in [-0.25, -0.2) is 0 Å². The van der Waals surface area contributed by atoms with Crippen molar-refractivity contribution < 1.29 is 9.47 Å². The summed E-state index contributed by atoms with van der Waals surface area (Å²) in [6.07, 6.45) is 17.0. The quantitative estimate of drug-likeness (QED) is 0.264. The molecule has 10 rings (SSSR count). The van der Waals surface area contributed by atoms with Crippen molar-refractivity contribution in [2.45, 2.75) is 19.3 Å². The number of allylic oxidation sites excluding steroid dienone is 7. The SMILES string of the molecule is C1=CC2=C3C(=Cc4c5c6c(c7c4N3C3=C(CC=CC3=C7)C2)Oc2ccccc2B6c2ccccc2O5)C1. The lowest BCUT2D eigenvalue weighted by molar-refractivity contribution is 0.463. The molecule has 0 N–H and O–H groups in total. The molecule has 5 aliphatic heterocycles. The minimum Gasteiger partial charge on any atom is -0.458 e. The van der Waals surface area contributed by atoms with E-state index in [4.69, 9.17) is 9.47 Å². The maximum Gasteiger partial charge on any atom is 0.260 e. The molecule has 0 amide bonds. The summed E-state index contributed by atoms with van der Waals surface area (Å²) < 4.78 is 13.6. The van der Waals surface area contributed by atoms with E-state index in [0.717, 1.165) is 47.7 Å². The van der Waals surface area contributed by atoms with Crippen LogP contribution in [0, 0.1) is 0 Å². The van der Waals surface area contributed by atoms with Gasteiger partial charge in [0.15, 0.2) is 0 Å². The summed E-state index contributed by atoms with van der Waals surface area (Å²) in [4.78, 5) is 2.55. The van der Waals surface area contributed by atoms with Crippen molar-refractivity contribution in [1.29, 1.82) is 0 Å². The zero-order chi connectivity index (χ0) is 23.8. The number of rotatable bonds is 0. The van der Waals surface area contributed by atoms with Crippen molar-refractivity contribution in [1.82, 2.24) is 0 Å². The van der Waals surface area contributed by atoms with Crippen LogP contribution in [0.1, 0.15) is 30.4 Å². The summed E-state index contributed by atoms with van der Waals surface area (Å²) in [5, 5.41) is 0. The molecule has 0 bridgehead atoms. The lowest BCUT2D eigenvalue weighted by Crippen LogP contribution is -2.58. The van der Waals surface area contributed by atoms with E-state index < -0.39 is 0 Å². The van der Waals surface area contributed by atoms with Crippen LogP contribution >= 0.6 is 0 Å². The Morgan fingerprint density at radius 1 is 0.730 bits per heavy atom. The first kappa shape index (κ1) is 18.8. The molecule has 0 fully saturated rings. The smallest absolute Gasteiger partial charge is 0.260 e. The molecule has 0 aromatic heterocycles. The zero-order valence-corrected chi connectivity index (χ0v) is 20.0. The van der Waals surface area contributed by atoms with Crippen molar-refractivity contribution in [2.75, 3.05) is 4.90 Å². The highest BCUT2D eigenvalue weighted by molar-refractivity contribution is 6.98. The molecule has 5 heterocycles. The van der Waals surface area contributed by atoms with Crippen molar-refractivity contribution in [3.05, 3.63) is 118 Å². The second-order valence-corrected chi connectivity index (χ2v) is 10.8. The Morgan fingerprint density at radius 2 is 1.43 bits per heavy atom. The largest absolute Gasteiger partial charge is 0.458 e. The molecule has 172 valence electrons. The van der Waals surface area contributed by atoms with Crippen LogP contribution in [0.4, 0.5) is 5.69 Å². The summed E-state index contributed by atoms with van der Waals surface area (Å²) in [6, 6.07) is 17.0. The molecule has 3 aromatic rings. The fraction of sp³-hybridized carbons (Fsp3) is 0.0909. The third kappa shape index (κ3) is 2.14. The monoisotopic (exact) mass is 473 g/mol. The average molecular weight is 473 g/mol. The fourth-order valence-electron chi connectivity index (χ4n) is 7.50. The van der Waals surface area contributed by atoms with Crippen molar-refractivity contribution in [2.24, 2.45) is 0 Å². The van der Waals surface area contributed by atoms with E-state index >= 15 is 0 Å². The normalized spacial score (nSPS) is 19.8. The number of fused-ring (bicyclic) bond motifs is 6. The predicted molar refractivity (Wildman–Crippen MR) is 149 cm³/mol. The molecule has 0 radical (unpaired) electrons. The van der Waals surface area contributed by atoms with Crippen molar-refractivity contribution >= 4 is 40.9 Å². The Bertz CT molecular complexity index is 1850. The van der Waals surface area contributed by atoms with E-state index in [0.29, 0.717) is 0 Å². The van der Waals surface area contributed by atoms with Gasteiger partial charge in [0.05, 0.1) is 17.1 Å². The maximum absolute atomic E-state index is 6.83. The number of nitrogens with zero attached hydrogens (tertiary/aromatic N) is 1. The minimum absolute atomic E-state index is 0.0766. The number of benzene rings is 3. The summed E-state index contributed by atoms with van der Waals surface area (Å²) in [6.45, 7) is 0.0766. The fourth-order valence-corrected chi connectivity index (χ4v) is 7.50. The molecule has 3 aromatic carbocycles. The molecular weight excluding hydrogens is 453 g/mol. The van der Waals surface area contributed by atoms with Gasteiger partial charge in [0.1, 0.15) is 23.0 Å². The van der Waals surface area contributed by atoms with Crippen LogP contribution in [0.3, 0.4) is 0 Å². The molecule has 37 heavy (non-hydrogen) atoms. The van der Waals surface area contributed by atoms with Gasteiger partial charge in [-0.05, 0) is 76.8 Å².